The Hall–Kier alpha value is -3.46. The molecule has 40 heavy (non-hydrogen) atoms. The summed E-state index contributed by atoms with van der Waals surface area (Å²) in [5.74, 6) is 1.58. The molecule has 3 heteroatoms. The third kappa shape index (κ3) is 2.59. The number of para-hydroxylation sites is 3. The van der Waals surface area contributed by atoms with Crippen LogP contribution in [0.25, 0.3) is 0 Å². The van der Waals surface area contributed by atoms with E-state index in [9.17, 15) is 0 Å². The maximum absolute atomic E-state index is 2.92. The third-order valence-corrected chi connectivity index (χ3v) is 12.0. The molecule has 5 aliphatic rings. The summed E-state index contributed by atoms with van der Waals surface area (Å²) in [5, 5.41) is 0. The molecule has 4 unspecified atom stereocenters. The van der Waals surface area contributed by atoms with Gasteiger partial charge in [-0.2, -0.15) is 0 Å². The van der Waals surface area contributed by atoms with E-state index in [4.69, 9.17) is 0 Å². The molecule has 0 bridgehead atoms. The van der Waals surface area contributed by atoms with Crippen LogP contribution >= 0.6 is 0 Å². The van der Waals surface area contributed by atoms with Gasteiger partial charge in [0.05, 0.1) is 5.54 Å². The minimum Gasteiger partial charge on any atom is -0.335 e. The van der Waals surface area contributed by atoms with Crippen LogP contribution in [0.3, 0.4) is 0 Å². The predicted octanol–water partition coefficient (Wildman–Crippen LogP) is 7.38. The van der Waals surface area contributed by atoms with E-state index in [0.717, 1.165) is 11.8 Å². The Kier molecular flexibility index (Phi) is 4.56. The summed E-state index contributed by atoms with van der Waals surface area (Å²) in [6.07, 6.45) is 8.25. The first kappa shape index (κ1) is 23.3. The van der Waals surface area contributed by atoms with E-state index < -0.39 is 0 Å². The first-order chi connectivity index (χ1) is 19.5. The molecule has 198 valence electrons. The van der Waals surface area contributed by atoms with Crippen LogP contribution in [0.15, 0.2) is 84.9 Å². The highest BCUT2D eigenvalue weighted by molar-refractivity contribution is 7.00. The number of aryl methyl sites for hydroxylation is 1. The quantitative estimate of drug-likeness (QED) is 0.213. The molecule has 0 radical (unpaired) electrons. The predicted molar refractivity (Wildman–Crippen MR) is 170 cm³/mol. The maximum Gasteiger partial charge on any atom is 0.252 e. The lowest BCUT2D eigenvalue weighted by molar-refractivity contribution is 0.0337. The number of hydrogen-bond donors (Lipinski definition) is 0. The van der Waals surface area contributed by atoms with Gasteiger partial charge in [0, 0.05) is 33.9 Å². The van der Waals surface area contributed by atoms with Crippen LogP contribution in [0.5, 0.6) is 0 Å². The zero-order valence-corrected chi connectivity index (χ0v) is 24.0. The molecule has 0 spiro atoms. The molecule has 2 nitrogen and oxygen atoms in total. The van der Waals surface area contributed by atoms with Crippen LogP contribution in [0.1, 0.15) is 63.5 Å². The molecule has 0 aromatic heterocycles. The normalized spacial score (nSPS) is 28.8. The Bertz CT molecular complexity index is 1690. The smallest absolute Gasteiger partial charge is 0.252 e. The van der Waals surface area contributed by atoms with E-state index in [0.29, 0.717) is 0 Å². The van der Waals surface area contributed by atoms with Gasteiger partial charge >= 0.3 is 0 Å². The van der Waals surface area contributed by atoms with E-state index in [1.165, 1.54) is 83.2 Å². The molecule has 3 heterocycles. The van der Waals surface area contributed by atoms with Crippen LogP contribution in [-0.4, -0.2) is 12.3 Å². The van der Waals surface area contributed by atoms with E-state index >= 15 is 0 Å². The summed E-state index contributed by atoms with van der Waals surface area (Å²) in [7, 11) is 0. The Morgan fingerprint density at radius 1 is 0.750 bits per heavy atom. The highest BCUT2D eigenvalue weighted by Gasteiger charge is 2.66. The zero-order chi connectivity index (χ0) is 26.8. The maximum atomic E-state index is 2.92. The number of benzene rings is 4. The van der Waals surface area contributed by atoms with Crippen molar-refractivity contribution in [3.05, 3.63) is 96.1 Å². The van der Waals surface area contributed by atoms with Crippen molar-refractivity contribution in [3.63, 3.8) is 0 Å². The summed E-state index contributed by atoms with van der Waals surface area (Å²) in [6, 6.07) is 32.2. The largest absolute Gasteiger partial charge is 0.335 e. The van der Waals surface area contributed by atoms with Gasteiger partial charge < -0.3 is 9.80 Å². The number of nitrogens with zero attached hydrogens (tertiary/aromatic N) is 2. The lowest BCUT2D eigenvalue weighted by atomic mass is 9.33. The molecule has 0 saturated heterocycles. The molecule has 4 atom stereocenters. The van der Waals surface area contributed by atoms with Crippen molar-refractivity contribution >= 4 is 51.5 Å². The number of anilines is 5. The Morgan fingerprint density at radius 2 is 1.43 bits per heavy atom. The van der Waals surface area contributed by atoms with Crippen LogP contribution in [0.4, 0.5) is 28.4 Å². The van der Waals surface area contributed by atoms with Crippen molar-refractivity contribution in [2.75, 3.05) is 9.80 Å². The van der Waals surface area contributed by atoms with Gasteiger partial charge in [-0.25, -0.2) is 0 Å². The van der Waals surface area contributed by atoms with E-state index in [1.807, 2.05) is 0 Å². The van der Waals surface area contributed by atoms with Gasteiger partial charge in [0.15, 0.2) is 0 Å². The second-order valence-electron chi connectivity index (χ2n) is 13.6. The Labute approximate surface area is 239 Å². The number of fused-ring (bicyclic) bond motifs is 10. The van der Waals surface area contributed by atoms with Crippen molar-refractivity contribution in [2.45, 2.75) is 70.3 Å². The molecule has 9 rings (SSSR count). The zero-order valence-electron chi connectivity index (χ0n) is 24.0. The van der Waals surface area contributed by atoms with Crippen molar-refractivity contribution in [1.29, 1.82) is 0 Å². The summed E-state index contributed by atoms with van der Waals surface area (Å²) in [4.78, 5) is 5.47. The van der Waals surface area contributed by atoms with Gasteiger partial charge in [0.25, 0.3) is 6.71 Å². The molecule has 2 saturated carbocycles. The van der Waals surface area contributed by atoms with Crippen molar-refractivity contribution in [3.8, 4) is 0 Å². The van der Waals surface area contributed by atoms with E-state index in [-0.39, 0.29) is 17.7 Å². The molecule has 4 aromatic rings. The average Bonchev–Trinajstić information content (AvgIpc) is 3.22. The highest BCUT2D eigenvalue weighted by atomic mass is 15.3. The van der Waals surface area contributed by atoms with Gasteiger partial charge in [-0.05, 0) is 103 Å². The van der Waals surface area contributed by atoms with E-state index in [1.54, 1.807) is 11.3 Å². The molecule has 3 aliphatic heterocycles. The topological polar surface area (TPSA) is 6.48 Å². The molecule has 0 N–H and O–H groups in total. The monoisotopic (exact) mass is 520 g/mol. The van der Waals surface area contributed by atoms with Gasteiger partial charge in [0.1, 0.15) is 0 Å². The molecular weight excluding hydrogens is 483 g/mol. The fourth-order valence-electron chi connectivity index (χ4n) is 10.4. The molecule has 2 fully saturated rings. The summed E-state index contributed by atoms with van der Waals surface area (Å²) < 4.78 is 0. The molecule has 2 aliphatic carbocycles. The minimum absolute atomic E-state index is 0.0775. The lowest BCUT2D eigenvalue weighted by Crippen LogP contribution is -2.67. The second kappa shape index (κ2) is 7.84. The van der Waals surface area contributed by atoms with Gasteiger partial charge in [-0.3, -0.25) is 0 Å². The standard InChI is InChI=1S/C37H37BN2/c1-24-23-32-34-35-33(24)36(2)22-21-25-13-7-8-16-27(25)37(36,3)40(35)31-20-12-10-18-29(31)38(34)28-17-9-11-19-30(28)39(32)26-14-5-4-6-15-26/h4-6,9-12,14-15,17-20,23,25,27H,7-8,13,16,21-22H2,1-3H3. The molecular formula is C37H37BN2. The van der Waals surface area contributed by atoms with Crippen LogP contribution < -0.4 is 26.2 Å². The van der Waals surface area contributed by atoms with Crippen molar-refractivity contribution in [2.24, 2.45) is 11.8 Å². The van der Waals surface area contributed by atoms with Gasteiger partial charge in [-0.1, -0.05) is 80.8 Å². The third-order valence-electron chi connectivity index (χ3n) is 12.0. The van der Waals surface area contributed by atoms with Crippen LogP contribution in [0, 0.1) is 18.8 Å². The van der Waals surface area contributed by atoms with Crippen LogP contribution in [0.2, 0.25) is 0 Å². The van der Waals surface area contributed by atoms with E-state index in [2.05, 4.69) is 116 Å². The molecule has 4 aromatic carbocycles. The molecule has 0 amide bonds. The fraction of sp³-hybridized carbons (Fsp3) is 0.351. The van der Waals surface area contributed by atoms with Gasteiger partial charge in [-0.15, -0.1) is 0 Å². The fourth-order valence-corrected chi connectivity index (χ4v) is 10.4. The summed E-state index contributed by atoms with van der Waals surface area (Å²) in [6.45, 7) is 7.98. The Balaban J connectivity index is 1.42. The minimum atomic E-state index is 0.0775. The van der Waals surface area contributed by atoms with Gasteiger partial charge in [0.2, 0.25) is 0 Å². The summed E-state index contributed by atoms with van der Waals surface area (Å²) in [5.41, 5.74) is 14.7. The SMILES string of the molecule is Cc1cc2c3c4c1C1(C)CCC5CCCCC5C1(C)N4c1ccccc1B3c1ccccc1N2c1ccccc1. The average molecular weight is 521 g/mol. The van der Waals surface area contributed by atoms with Crippen molar-refractivity contribution in [1.82, 2.24) is 0 Å². The number of rotatable bonds is 1. The highest BCUT2D eigenvalue weighted by Crippen LogP contribution is 2.67. The number of hydrogen-bond acceptors (Lipinski definition) is 2. The first-order valence-electron chi connectivity index (χ1n) is 15.6. The van der Waals surface area contributed by atoms with Crippen molar-refractivity contribution < 1.29 is 0 Å². The van der Waals surface area contributed by atoms with Crippen LogP contribution in [-0.2, 0) is 5.41 Å². The Morgan fingerprint density at radius 3 is 2.23 bits per heavy atom. The second-order valence-corrected chi connectivity index (χ2v) is 13.6. The summed E-state index contributed by atoms with van der Waals surface area (Å²) >= 11 is 0. The lowest BCUT2D eigenvalue weighted by Gasteiger charge is -2.60. The first-order valence-corrected chi connectivity index (χ1v) is 15.6.